The highest BCUT2D eigenvalue weighted by atomic mass is 32.2. The largest absolute Gasteiger partial charge is 0.162 e. The Labute approximate surface area is 139 Å². The van der Waals surface area contributed by atoms with Crippen molar-refractivity contribution in [2.45, 2.75) is 110 Å². The summed E-state index contributed by atoms with van der Waals surface area (Å²) >= 11 is 2.10. The average molecular weight is 313 g/mol. The summed E-state index contributed by atoms with van der Waals surface area (Å²) in [5, 5.41) is 0. The summed E-state index contributed by atoms with van der Waals surface area (Å²) in [6, 6.07) is 0. The molecule has 1 rings (SSSR count). The van der Waals surface area contributed by atoms with Crippen LogP contribution in [-0.4, -0.2) is 11.5 Å². The molecule has 0 aromatic rings. The molecule has 0 aromatic carbocycles. The molecule has 0 aliphatic heterocycles. The first-order valence-electron chi connectivity index (χ1n) is 10.0. The summed E-state index contributed by atoms with van der Waals surface area (Å²) in [6.07, 6.45) is 24.0. The molecular formula is C20H40S. The molecule has 1 saturated carbocycles. The first kappa shape index (κ1) is 19.4. The Morgan fingerprint density at radius 1 is 0.667 bits per heavy atom. The molecule has 0 spiro atoms. The van der Waals surface area contributed by atoms with Crippen molar-refractivity contribution in [3.63, 3.8) is 0 Å². The van der Waals surface area contributed by atoms with Gasteiger partial charge in [0.1, 0.15) is 0 Å². The van der Waals surface area contributed by atoms with E-state index in [1.165, 1.54) is 114 Å². The van der Waals surface area contributed by atoms with Crippen LogP contribution in [0.25, 0.3) is 0 Å². The molecule has 1 heteroatoms. The van der Waals surface area contributed by atoms with E-state index < -0.39 is 0 Å². The molecule has 0 heterocycles. The second kappa shape index (κ2) is 15.3. The van der Waals surface area contributed by atoms with E-state index in [-0.39, 0.29) is 0 Å². The Hall–Kier alpha value is 0.350. The lowest BCUT2D eigenvalue weighted by molar-refractivity contribution is 0.286. The van der Waals surface area contributed by atoms with E-state index in [1.54, 1.807) is 0 Å². The minimum Gasteiger partial charge on any atom is -0.162 e. The normalized spacial score (nSPS) is 15.3. The van der Waals surface area contributed by atoms with E-state index in [1.807, 2.05) is 0 Å². The van der Waals surface area contributed by atoms with Gasteiger partial charge in [-0.1, -0.05) is 103 Å². The van der Waals surface area contributed by atoms with Gasteiger partial charge < -0.3 is 0 Å². The van der Waals surface area contributed by atoms with Crippen LogP contribution in [0.5, 0.6) is 0 Å². The van der Waals surface area contributed by atoms with E-state index in [0.29, 0.717) is 0 Å². The Bertz CT molecular complexity index is 198. The predicted octanol–water partition coefficient (Wildman–Crippen LogP) is 7.61. The Morgan fingerprint density at radius 3 is 1.57 bits per heavy atom. The van der Waals surface area contributed by atoms with Crippen LogP contribution in [0.1, 0.15) is 110 Å². The SMILES string of the molecule is CCSCCCCCCCCCCCCCCC1CCC1. The predicted molar refractivity (Wildman–Crippen MR) is 100 cm³/mol. The molecule has 0 radical (unpaired) electrons. The topological polar surface area (TPSA) is 0 Å². The first-order chi connectivity index (χ1) is 10.4. The number of rotatable bonds is 16. The van der Waals surface area contributed by atoms with Crippen LogP contribution in [0.15, 0.2) is 0 Å². The second-order valence-corrected chi connectivity index (χ2v) is 8.42. The summed E-state index contributed by atoms with van der Waals surface area (Å²) in [6.45, 7) is 2.26. The molecule has 126 valence electrons. The summed E-state index contributed by atoms with van der Waals surface area (Å²) < 4.78 is 0. The maximum atomic E-state index is 2.26. The molecule has 0 unspecified atom stereocenters. The van der Waals surface area contributed by atoms with Gasteiger partial charge in [0.2, 0.25) is 0 Å². The van der Waals surface area contributed by atoms with Crippen LogP contribution < -0.4 is 0 Å². The average Bonchev–Trinajstić information content (AvgIpc) is 2.45. The van der Waals surface area contributed by atoms with Crippen LogP contribution >= 0.6 is 11.8 Å². The lowest BCUT2D eigenvalue weighted by Crippen LogP contribution is -2.10. The van der Waals surface area contributed by atoms with Gasteiger partial charge in [-0.05, 0) is 23.8 Å². The molecule has 1 fully saturated rings. The van der Waals surface area contributed by atoms with E-state index in [2.05, 4.69) is 18.7 Å². The molecule has 0 aromatic heterocycles. The van der Waals surface area contributed by atoms with E-state index >= 15 is 0 Å². The summed E-state index contributed by atoms with van der Waals surface area (Å²) in [5.74, 6) is 3.81. The van der Waals surface area contributed by atoms with Gasteiger partial charge in [-0.25, -0.2) is 0 Å². The summed E-state index contributed by atoms with van der Waals surface area (Å²) in [5.41, 5.74) is 0. The number of hydrogen-bond donors (Lipinski definition) is 0. The second-order valence-electron chi connectivity index (χ2n) is 7.03. The zero-order valence-corrected chi connectivity index (χ0v) is 15.5. The van der Waals surface area contributed by atoms with E-state index in [0.717, 1.165) is 5.92 Å². The van der Waals surface area contributed by atoms with Crippen molar-refractivity contribution in [3.8, 4) is 0 Å². The molecule has 0 atom stereocenters. The minimum absolute atomic E-state index is 1.13. The lowest BCUT2D eigenvalue weighted by Gasteiger charge is -2.24. The van der Waals surface area contributed by atoms with Gasteiger partial charge in [0.05, 0.1) is 0 Å². The van der Waals surface area contributed by atoms with Gasteiger partial charge in [0.25, 0.3) is 0 Å². The van der Waals surface area contributed by atoms with Crippen molar-refractivity contribution in [1.82, 2.24) is 0 Å². The first-order valence-corrected chi connectivity index (χ1v) is 11.2. The van der Waals surface area contributed by atoms with Crippen molar-refractivity contribution in [1.29, 1.82) is 0 Å². The zero-order chi connectivity index (χ0) is 15.0. The fourth-order valence-corrected chi connectivity index (χ4v) is 4.03. The van der Waals surface area contributed by atoms with Gasteiger partial charge in [0, 0.05) is 0 Å². The quantitative estimate of drug-likeness (QED) is 0.264. The molecule has 1 aliphatic carbocycles. The number of hydrogen-bond acceptors (Lipinski definition) is 1. The van der Waals surface area contributed by atoms with Gasteiger partial charge in [0.15, 0.2) is 0 Å². The standard InChI is InChI=1S/C20H40S/c1-2-21-19-14-12-10-8-6-4-3-5-7-9-11-13-16-20-17-15-18-20/h20H,2-19H2,1H3. The van der Waals surface area contributed by atoms with Crippen molar-refractivity contribution in [2.75, 3.05) is 11.5 Å². The van der Waals surface area contributed by atoms with Crippen LogP contribution in [0.2, 0.25) is 0 Å². The lowest BCUT2D eigenvalue weighted by atomic mass is 9.81. The Morgan fingerprint density at radius 2 is 1.14 bits per heavy atom. The molecule has 0 amide bonds. The molecule has 21 heavy (non-hydrogen) atoms. The Kier molecular flexibility index (Phi) is 14.1. The van der Waals surface area contributed by atoms with Crippen LogP contribution in [0.4, 0.5) is 0 Å². The third-order valence-electron chi connectivity index (χ3n) is 5.08. The molecule has 0 nitrogen and oxygen atoms in total. The van der Waals surface area contributed by atoms with Crippen LogP contribution in [0, 0.1) is 5.92 Å². The molecule has 0 N–H and O–H groups in total. The van der Waals surface area contributed by atoms with Gasteiger partial charge in [-0.2, -0.15) is 11.8 Å². The van der Waals surface area contributed by atoms with Crippen molar-refractivity contribution in [3.05, 3.63) is 0 Å². The highest BCUT2D eigenvalue weighted by molar-refractivity contribution is 7.99. The van der Waals surface area contributed by atoms with E-state index in [4.69, 9.17) is 0 Å². The maximum absolute atomic E-state index is 2.26. The third-order valence-corrected chi connectivity index (χ3v) is 6.07. The fourth-order valence-electron chi connectivity index (χ4n) is 3.33. The molecule has 0 bridgehead atoms. The third kappa shape index (κ3) is 12.6. The van der Waals surface area contributed by atoms with Crippen LogP contribution in [0.3, 0.4) is 0 Å². The maximum Gasteiger partial charge on any atom is -0.00676 e. The van der Waals surface area contributed by atoms with Crippen LogP contribution in [-0.2, 0) is 0 Å². The highest BCUT2D eigenvalue weighted by Crippen LogP contribution is 2.31. The fraction of sp³-hybridized carbons (Fsp3) is 1.00. The van der Waals surface area contributed by atoms with Crippen molar-refractivity contribution < 1.29 is 0 Å². The smallest absolute Gasteiger partial charge is 0.00676 e. The number of unbranched alkanes of at least 4 members (excludes halogenated alkanes) is 11. The van der Waals surface area contributed by atoms with E-state index in [9.17, 15) is 0 Å². The minimum atomic E-state index is 1.13. The Balaban J connectivity index is 1.61. The van der Waals surface area contributed by atoms with Gasteiger partial charge in [-0.3, -0.25) is 0 Å². The summed E-state index contributed by atoms with van der Waals surface area (Å²) in [7, 11) is 0. The summed E-state index contributed by atoms with van der Waals surface area (Å²) in [4.78, 5) is 0. The zero-order valence-electron chi connectivity index (χ0n) is 14.7. The molecule has 0 saturated heterocycles. The van der Waals surface area contributed by atoms with Gasteiger partial charge in [-0.15, -0.1) is 0 Å². The van der Waals surface area contributed by atoms with Crippen molar-refractivity contribution >= 4 is 11.8 Å². The molecule has 1 aliphatic rings. The highest BCUT2D eigenvalue weighted by Gasteiger charge is 2.15. The molecular weight excluding hydrogens is 272 g/mol. The van der Waals surface area contributed by atoms with Gasteiger partial charge >= 0.3 is 0 Å². The monoisotopic (exact) mass is 312 g/mol. The van der Waals surface area contributed by atoms with Crippen molar-refractivity contribution in [2.24, 2.45) is 5.92 Å². The number of thioether (sulfide) groups is 1.